The number of benzene rings is 1. The highest BCUT2D eigenvalue weighted by Crippen LogP contribution is 2.21. The predicted molar refractivity (Wildman–Crippen MR) is 113 cm³/mol. The van der Waals surface area contributed by atoms with Crippen LogP contribution in [0.2, 0.25) is 0 Å². The van der Waals surface area contributed by atoms with Crippen molar-refractivity contribution in [3.8, 4) is 17.3 Å². The fraction of sp³-hybridized carbons (Fsp3) is 0.348. The van der Waals surface area contributed by atoms with E-state index in [1.165, 1.54) is 6.26 Å². The van der Waals surface area contributed by atoms with E-state index < -0.39 is 0 Å². The van der Waals surface area contributed by atoms with Crippen molar-refractivity contribution in [2.45, 2.75) is 19.3 Å². The van der Waals surface area contributed by atoms with Gasteiger partial charge in [0.15, 0.2) is 11.5 Å². The van der Waals surface area contributed by atoms with E-state index in [0.29, 0.717) is 50.5 Å². The van der Waals surface area contributed by atoms with Gasteiger partial charge in [0, 0.05) is 38.7 Å². The van der Waals surface area contributed by atoms with Crippen LogP contribution in [0.3, 0.4) is 0 Å². The molecule has 4 rings (SSSR count). The largest absolute Gasteiger partial charge is 0.497 e. The first kappa shape index (κ1) is 20.7. The fourth-order valence-corrected chi connectivity index (χ4v) is 3.64. The average Bonchev–Trinajstić information content (AvgIpc) is 3.45. The number of carbonyl (C=O) groups is 2. The lowest BCUT2D eigenvalue weighted by atomic mass is 10.1. The second-order valence-corrected chi connectivity index (χ2v) is 7.43. The van der Waals surface area contributed by atoms with Crippen molar-refractivity contribution in [1.82, 2.24) is 15.0 Å². The van der Waals surface area contributed by atoms with Crippen LogP contribution in [0.5, 0.6) is 5.75 Å². The van der Waals surface area contributed by atoms with Crippen molar-refractivity contribution in [3.63, 3.8) is 0 Å². The lowest BCUT2D eigenvalue weighted by molar-refractivity contribution is -0.131. The van der Waals surface area contributed by atoms with Crippen molar-refractivity contribution >= 4 is 11.8 Å². The van der Waals surface area contributed by atoms with E-state index >= 15 is 0 Å². The number of methoxy groups -OCH3 is 1. The van der Waals surface area contributed by atoms with Gasteiger partial charge in [-0.25, -0.2) is 0 Å². The average molecular weight is 423 g/mol. The molecule has 1 fully saturated rings. The first-order chi connectivity index (χ1) is 15.1. The number of aromatic nitrogens is 1. The first-order valence-electron chi connectivity index (χ1n) is 10.3. The highest BCUT2D eigenvalue weighted by atomic mass is 16.5. The molecule has 0 spiro atoms. The van der Waals surface area contributed by atoms with Crippen LogP contribution >= 0.6 is 0 Å². The zero-order valence-corrected chi connectivity index (χ0v) is 17.5. The standard InChI is InChI=1S/C23H25N3O5/c1-29-18-8-5-17(6-9-18)7-10-22(27)25-11-3-12-26(14-13-25)23(28)19-16-21(31-24-19)20-4-2-15-30-20/h2,4-6,8-9,15-16H,3,7,10-14H2,1H3. The lowest BCUT2D eigenvalue weighted by Gasteiger charge is -2.21. The van der Waals surface area contributed by atoms with Crippen LogP contribution in [0.1, 0.15) is 28.9 Å². The molecule has 2 amide bonds. The van der Waals surface area contributed by atoms with Crippen LogP contribution < -0.4 is 4.74 Å². The molecule has 0 radical (unpaired) electrons. The van der Waals surface area contributed by atoms with Crippen LogP contribution in [-0.4, -0.2) is 60.1 Å². The number of amides is 2. The molecule has 8 heteroatoms. The van der Waals surface area contributed by atoms with Gasteiger partial charge >= 0.3 is 0 Å². The van der Waals surface area contributed by atoms with Gasteiger partial charge in [-0.15, -0.1) is 0 Å². The summed E-state index contributed by atoms with van der Waals surface area (Å²) in [7, 11) is 1.63. The van der Waals surface area contributed by atoms with Crippen LogP contribution in [0.4, 0.5) is 0 Å². The topological polar surface area (TPSA) is 89.0 Å². The van der Waals surface area contributed by atoms with Gasteiger partial charge in [0.1, 0.15) is 5.75 Å². The molecular weight excluding hydrogens is 398 g/mol. The number of furan rings is 1. The van der Waals surface area contributed by atoms with Crippen LogP contribution in [0, 0.1) is 0 Å². The lowest BCUT2D eigenvalue weighted by Crippen LogP contribution is -2.37. The van der Waals surface area contributed by atoms with E-state index in [2.05, 4.69) is 5.16 Å². The van der Waals surface area contributed by atoms with Gasteiger partial charge in [-0.05, 0) is 42.7 Å². The Morgan fingerprint density at radius 1 is 1.03 bits per heavy atom. The molecule has 0 N–H and O–H groups in total. The summed E-state index contributed by atoms with van der Waals surface area (Å²) in [6.07, 6.45) is 3.38. The zero-order valence-electron chi connectivity index (χ0n) is 17.5. The Hall–Kier alpha value is -3.55. The number of hydrogen-bond donors (Lipinski definition) is 0. The number of nitrogens with zero attached hydrogens (tertiary/aromatic N) is 3. The molecule has 1 aliphatic rings. The maximum atomic E-state index is 12.8. The summed E-state index contributed by atoms with van der Waals surface area (Å²) in [5.41, 5.74) is 1.34. The summed E-state index contributed by atoms with van der Waals surface area (Å²) < 4.78 is 15.7. The van der Waals surface area contributed by atoms with Crippen LogP contribution in [0.15, 0.2) is 57.7 Å². The summed E-state index contributed by atoms with van der Waals surface area (Å²) in [6, 6.07) is 12.8. The Morgan fingerprint density at radius 2 is 1.81 bits per heavy atom. The third-order valence-electron chi connectivity index (χ3n) is 5.42. The molecule has 0 saturated carbocycles. The Balaban J connectivity index is 1.30. The Bertz CT molecular complexity index is 1010. The van der Waals surface area contributed by atoms with E-state index in [1.807, 2.05) is 29.2 Å². The van der Waals surface area contributed by atoms with Crippen molar-refractivity contribution in [3.05, 3.63) is 60.0 Å². The van der Waals surface area contributed by atoms with E-state index in [9.17, 15) is 9.59 Å². The zero-order chi connectivity index (χ0) is 21.6. The molecule has 1 saturated heterocycles. The molecule has 2 aromatic heterocycles. The molecule has 1 aromatic carbocycles. The maximum Gasteiger partial charge on any atom is 0.276 e. The Labute approximate surface area is 180 Å². The quantitative estimate of drug-likeness (QED) is 0.605. The third kappa shape index (κ3) is 4.96. The summed E-state index contributed by atoms with van der Waals surface area (Å²) in [5.74, 6) is 1.64. The van der Waals surface area contributed by atoms with Gasteiger partial charge < -0.3 is 23.5 Å². The fourth-order valence-electron chi connectivity index (χ4n) is 3.64. The van der Waals surface area contributed by atoms with Crippen LogP contribution in [0.25, 0.3) is 11.5 Å². The van der Waals surface area contributed by atoms with E-state index in [-0.39, 0.29) is 17.5 Å². The number of ether oxygens (including phenoxy) is 1. The van der Waals surface area contributed by atoms with Gasteiger partial charge in [0.25, 0.3) is 5.91 Å². The molecule has 31 heavy (non-hydrogen) atoms. The van der Waals surface area contributed by atoms with Gasteiger partial charge in [-0.2, -0.15) is 0 Å². The van der Waals surface area contributed by atoms with Crippen molar-refractivity contribution in [2.75, 3.05) is 33.3 Å². The molecule has 8 nitrogen and oxygen atoms in total. The normalized spacial score (nSPS) is 14.4. The van der Waals surface area contributed by atoms with Gasteiger partial charge in [-0.3, -0.25) is 9.59 Å². The molecule has 1 aliphatic heterocycles. The van der Waals surface area contributed by atoms with Gasteiger partial charge in [0.2, 0.25) is 11.7 Å². The highest BCUT2D eigenvalue weighted by Gasteiger charge is 2.25. The third-order valence-corrected chi connectivity index (χ3v) is 5.42. The minimum atomic E-state index is -0.200. The number of hydrogen-bond acceptors (Lipinski definition) is 6. The second kappa shape index (κ2) is 9.51. The molecule has 162 valence electrons. The summed E-state index contributed by atoms with van der Waals surface area (Å²) in [6.45, 7) is 2.19. The maximum absolute atomic E-state index is 12.8. The minimum Gasteiger partial charge on any atom is -0.497 e. The Kier molecular flexibility index (Phi) is 6.35. The molecule has 3 heterocycles. The molecule has 0 unspecified atom stereocenters. The SMILES string of the molecule is COc1ccc(CCC(=O)N2CCCN(C(=O)c3cc(-c4ccco4)on3)CC2)cc1. The predicted octanol–water partition coefficient (Wildman–Crippen LogP) is 3.25. The minimum absolute atomic E-state index is 0.103. The molecule has 0 bridgehead atoms. The van der Waals surface area contributed by atoms with Crippen molar-refractivity contribution < 1.29 is 23.3 Å². The van der Waals surface area contributed by atoms with E-state index in [0.717, 1.165) is 17.7 Å². The Morgan fingerprint density at radius 3 is 2.55 bits per heavy atom. The van der Waals surface area contributed by atoms with E-state index in [4.69, 9.17) is 13.7 Å². The molecule has 0 aliphatic carbocycles. The van der Waals surface area contributed by atoms with Gasteiger partial charge in [-0.1, -0.05) is 17.3 Å². The molecular formula is C23H25N3O5. The van der Waals surface area contributed by atoms with Crippen molar-refractivity contribution in [1.29, 1.82) is 0 Å². The molecule has 0 atom stereocenters. The highest BCUT2D eigenvalue weighted by molar-refractivity contribution is 5.93. The van der Waals surface area contributed by atoms with Crippen LogP contribution in [-0.2, 0) is 11.2 Å². The molecule has 3 aromatic rings. The number of aryl methyl sites for hydroxylation is 1. The number of carbonyl (C=O) groups excluding carboxylic acids is 2. The smallest absolute Gasteiger partial charge is 0.276 e. The van der Waals surface area contributed by atoms with Gasteiger partial charge in [0.05, 0.1) is 13.4 Å². The summed E-state index contributed by atoms with van der Waals surface area (Å²) >= 11 is 0. The first-order valence-corrected chi connectivity index (χ1v) is 10.3. The van der Waals surface area contributed by atoms with E-state index in [1.54, 1.807) is 30.2 Å². The summed E-state index contributed by atoms with van der Waals surface area (Å²) in [4.78, 5) is 29.1. The summed E-state index contributed by atoms with van der Waals surface area (Å²) in [5, 5.41) is 3.89. The monoisotopic (exact) mass is 423 g/mol. The number of rotatable bonds is 6. The van der Waals surface area contributed by atoms with Crippen molar-refractivity contribution in [2.24, 2.45) is 0 Å². The second-order valence-electron chi connectivity index (χ2n) is 7.43.